The van der Waals surface area contributed by atoms with Crippen molar-refractivity contribution in [3.8, 4) is 0 Å². The fourth-order valence-corrected chi connectivity index (χ4v) is 3.43. The van der Waals surface area contributed by atoms with Crippen molar-refractivity contribution in [2.75, 3.05) is 6.61 Å². The molecule has 156 valence electrons. The summed E-state index contributed by atoms with van der Waals surface area (Å²) in [4.78, 5) is 11.7. The molecule has 0 saturated heterocycles. The normalized spacial score (nSPS) is 11.0. The van der Waals surface area contributed by atoms with Gasteiger partial charge in [-0.05, 0) is 12.8 Å². The van der Waals surface area contributed by atoms with Gasteiger partial charge in [-0.15, -0.1) is 0 Å². The van der Waals surface area contributed by atoms with Gasteiger partial charge < -0.3 is 4.74 Å². The third-order valence-corrected chi connectivity index (χ3v) is 5.25. The molecule has 0 aromatic rings. The molecule has 0 aliphatic rings. The van der Waals surface area contributed by atoms with Gasteiger partial charge in [0.1, 0.15) is 0 Å². The second-order valence-corrected chi connectivity index (χ2v) is 7.98. The molecule has 0 fully saturated rings. The Bertz CT molecular complexity index is 249. The summed E-state index contributed by atoms with van der Waals surface area (Å²) in [5.74, 6) is 0.0177. The van der Waals surface area contributed by atoms with Crippen LogP contribution >= 0.6 is 0 Å². The minimum Gasteiger partial charge on any atom is -0.466 e. The summed E-state index contributed by atoms with van der Waals surface area (Å²) in [6.07, 6.45) is 25.5. The molecule has 0 saturated carbocycles. The van der Waals surface area contributed by atoms with E-state index in [1.807, 2.05) is 0 Å². The molecule has 26 heavy (non-hydrogen) atoms. The molecule has 0 radical (unpaired) electrons. The molecule has 0 heterocycles. The van der Waals surface area contributed by atoms with E-state index >= 15 is 0 Å². The van der Waals surface area contributed by atoms with Crippen molar-refractivity contribution in [3.63, 3.8) is 0 Å². The van der Waals surface area contributed by atoms with Gasteiger partial charge in [0.15, 0.2) is 0 Å². The fraction of sp³-hybridized carbons (Fsp3) is 0.958. The van der Waals surface area contributed by atoms with E-state index in [-0.39, 0.29) is 5.97 Å². The van der Waals surface area contributed by atoms with E-state index in [1.54, 1.807) is 0 Å². The summed E-state index contributed by atoms with van der Waals surface area (Å²) < 4.78 is 5.35. The Morgan fingerprint density at radius 1 is 0.500 bits per heavy atom. The van der Waals surface area contributed by atoms with Gasteiger partial charge in [-0.3, -0.25) is 4.79 Å². The van der Waals surface area contributed by atoms with Gasteiger partial charge in [-0.1, -0.05) is 123 Å². The summed E-state index contributed by atoms with van der Waals surface area (Å²) in [5, 5.41) is 0. The maximum Gasteiger partial charge on any atom is 0.305 e. The van der Waals surface area contributed by atoms with Crippen molar-refractivity contribution >= 4 is 5.97 Å². The molecule has 0 aliphatic heterocycles. The van der Waals surface area contributed by atoms with Crippen LogP contribution in [0, 0.1) is 0 Å². The first-order valence-electron chi connectivity index (χ1n) is 12.0. The Labute approximate surface area is 164 Å². The molecule has 0 N–H and O–H groups in total. The maximum atomic E-state index is 11.7. The zero-order chi connectivity index (χ0) is 19.1. The number of unbranched alkanes of at least 4 members (excludes halogenated alkanes) is 17. The Balaban J connectivity index is 3.13. The molecule has 0 aromatic heterocycles. The van der Waals surface area contributed by atoms with Crippen molar-refractivity contribution in [1.29, 1.82) is 0 Å². The maximum absolute atomic E-state index is 11.7. The smallest absolute Gasteiger partial charge is 0.305 e. The van der Waals surface area contributed by atoms with Crippen LogP contribution in [0.15, 0.2) is 0 Å². The van der Waals surface area contributed by atoms with Crippen LogP contribution in [0.25, 0.3) is 0 Å². The van der Waals surface area contributed by atoms with E-state index in [4.69, 9.17) is 4.74 Å². The number of esters is 1. The van der Waals surface area contributed by atoms with Gasteiger partial charge in [0.25, 0.3) is 0 Å². The van der Waals surface area contributed by atoms with Gasteiger partial charge in [-0.2, -0.15) is 0 Å². The first-order chi connectivity index (χ1) is 12.8. The molecule has 2 nitrogen and oxygen atoms in total. The SMILES string of the molecule is CCCCCCCCCCCCC(=O)OCCCCCCCCCCC. The van der Waals surface area contributed by atoms with E-state index < -0.39 is 0 Å². The average molecular weight is 369 g/mol. The van der Waals surface area contributed by atoms with Crippen molar-refractivity contribution in [2.24, 2.45) is 0 Å². The molecule has 0 aliphatic carbocycles. The summed E-state index contributed by atoms with van der Waals surface area (Å²) in [6, 6.07) is 0. The summed E-state index contributed by atoms with van der Waals surface area (Å²) in [6.45, 7) is 5.16. The minimum atomic E-state index is 0.0177. The molecular weight excluding hydrogens is 320 g/mol. The van der Waals surface area contributed by atoms with Crippen molar-refractivity contribution < 1.29 is 9.53 Å². The Hall–Kier alpha value is -0.530. The second-order valence-electron chi connectivity index (χ2n) is 7.98. The molecule has 0 atom stereocenters. The van der Waals surface area contributed by atoms with Crippen molar-refractivity contribution in [1.82, 2.24) is 0 Å². The van der Waals surface area contributed by atoms with Crippen LogP contribution in [0.1, 0.15) is 142 Å². The van der Waals surface area contributed by atoms with Crippen LogP contribution in [0.3, 0.4) is 0 Å². The highest BCUT2D eigenvalue weighted by Gasteiger charge is 2.02. The van der Waals surface area contributed by atoms with Crippen LogP contribution in [-0.2, 0) is 9.53 Å². The fourth-order valence-electron chi connectivity index (χ4n) is 3.43. The van der Waals surface area contributed by atoms with Gasteiger partial charge in [0.05, 0.1) is 6.61 Å². The van der Waals surface area contributed by atoms with Gasteiger partial charge in [0, 0.05) is 6.42 Å². The standard InChI is InChI=1S/C24H48O2/c1-3-5-7-9-11-13-14-16-18-20-22-24(25)26-23-21-19-17-15-12-10-8-6-4-2/h3-23H2,1-2H3. The highest BCUT2D eigenvalue weighted by Crippen LogP contribution is 2.12. The lowest BCUT2D eigenvalue weighted by molar-refractivity contribution is -0.143. The molecule has 2 heteroatoms. The first-order valence-corrected chi connectivity index (χ1v) is 12.0. The van der Waals surface area contributed by atoms with E-state index in [1.165, 1.54) is 109 Å². The third kappa shape index (κ3) is 21.5. The Kier molecular flexibility index (Phi) is 22.1. The molecule has 0 bridgehead atoms. The third-order valence-electron chi connectivity index (χ3n) is 5.25. The Morgan fingerprint density at radius 2 is 0.846 bits per heavy atom. The first kappa shape index (κ1) is 25.5. The van der Waals surface area contributed by atoms with Crippen LogP contribution in [0.4, 0.5) is 0 Å². The van der Waals surface area contributed by atoms with Gasteiger partial charge in [0.2, 0.25) is 0 Å². The lowest BCUT2D eigenvalue weighted by Gasteiger charge is -2.05. The summed E-state index contributed by atoms with van der Waals surface area (Å²) in [5.41, 5.74) is 0. The second kappa shape index (κ2) is 22.5. The van der Waals surface area contributed by atoms with Crippen molar-refractivity contribution in [2.45, 2.75) is 142 Å². The van der Waals surface area contributed by atoms with Crippen LogP contribution in [-0.4, -0.2) is 12.6 Å². The zero-order valence-electron chi connectivity index (χ0n) is 18.2. The van der Waals surface area contributed by atoms with E-state index in [0.717, 1.165) is 12.8 Å². The lowest BCUT2D eigenvalue weighted by Crippen LogP contribution is -2.05. The highest BCUT2D eigenvalue weighted by molar-refractivity contribution is 5.69. The largest absolute Gasteiger partial charge is 0.466 e. The molecule has 0 rings (SSSR count). The number of carbonyl (C=O) groups excluding carboxylic acids is 1. The molecule has 0 unspecified atom stereocenters. The molecular formula is C24H48O2. The minimum absolute atomic E-state index is 0.0177. The van der Waals surface area contributed by atoms with Crippen LogP contribution in [0.5, 0.6) is 0 Å². The van der Waals surface area contributed by atoms with E-state index in [9.17, 15) is 4.79 Å². The predicted molar refractivity (Wildman–Crippen MR) is 115 cm³/mol. The van der Waals surface area contributed by atoms with E-state index in [2.05, 4.69) is 13.8 Å². The number of carbonyl (C=O) groups is 1. The predicted octanol–water partition coefficient (Wildman–Crippen LogP) is 8.37. The highest BCUT2D eigenvalue weighted by atomic mass is 16.5. The number of ether oxygens (including phenoxy) is 1. The van der Waals surface area contributed by atoms with E-state index in [0.29, 0.717) is 13.0 Å². The molecule has 0 spiro atoms. The number of hydrogen-bond acceptors (Lipinski definition) is 2. The average Bonchev–Trinajstić information content (AvgIpc) is 2.64. The number of hydrogen-bond donors (Lipinski definition) is 0. The van der Waals surface area contributed by atoms with Crippen LogP contribution in [0.2, 0.25) is 0 Å². The van der Waals surface area contributed by atoms with Gasteiger partial charge in [-0.25, -0.2) is 0 Å². The lowest BCUT2D eigenvalue weighted by atomic mass is 10.1. The zero-order valence-corrected chi connectivity index (χ0v) is 18.2. The molecule has 0 aromatic carbocycles. The van der Waals surface area contributed by atoms with Crippen molar-refractivity contribution in [3.05, 3.63) is 0 Å². The Morgan fingerprint density at radius 3 is 1.27 bits per heavy atom. The topological polar surface area (TPSA) is 26.3 Å². The number of rotatable bonds is 21. The van der Waals surface area contributed by atoms with Crippen LogP contribution < -0.4 is 0 Å². The monoisotopic (exact) mass is 368 g/mol. The quantitative estimate of drug-likeness (QED) is 0.150. The van der Waals surface area contributed by atoms with Gasteiger partial charge >= 0.3 is 5.97 Å². The summed E-state index contributed by atoms with van der Waals surface area (Å²) >= 11 is 0. The summed E-state index contributed by atoms with van der Waals surface area (Å²) in [7, 11) is 0. The molecule has 0 amide bonds.